The van der Waals surface area contributed by atoms with E-state index in [1.807, 2.05) is 35.2 Å². The molecule has 3 heterocycles. The predicted molar refractivity (Wildman–Crippen MR) is 108 cm³/mol. The lowest BCUT2D eigenvalue weighted by atomic mass is 9.99. The van der Waals surface area contributed by atoms with Gasteiger partial charge in [0.25, 0.3) is 5.91 Å². The minimum absolute atomic E-state index is 0.0803. The quantitative estimate of drug-likeness (QED) is 0.754. The van der Waals surface area contributed by atoms with Gasteiger partial charge in [-0.05, 0) is 42.5 Å². The second kappa shape index (κ2) is 8.21. The van der Waals surface area contributed by atoms with Crippen molar-refractivity contribution in [2.24, 2.45) is 0 Å². The summed E-state index contributed by atoms with van der Waals surface area (Å²) in [5.74, 6) is 1.98. The first-order valence-corrected chi connectivity index (χ1v) is 10.2. The lowest BCUT2D eigenvalue weighted by Gasteiger charge is -2.38. The van der Waals surface area contributed by atoms with Gasteiger partial charge in [0.1, 0.15) is 11.9 Å². The van der Waals surface area contributed by atoms with Crippen molar-refractivity contribution in [3.8, 4) is 11.6 Å². The van der Waals surface area contributed by atoms with Crippen molar-refractivity contribution in [2.75, 3.05) is 6.61 Å². The van der Waals surface area contributed by atoms with E-state index in [-0.39, 0.29) is 30.7 Å². The Bertz CT molecular complexity index is 777. The van der Waals surface area contributed by atoms with E-state index in [1.165, 1.54) is 5.56 Å². The molecule has 2 atom stereocenters. The van der Waals surface area contributed by atoms with Crippen LogP contribution in [0, 0.1) is 0 Å². The number of aromatic nitrogens is 1. The predicted octanol–water partition coefficient (Wildman–Crippen LogP) is 4.18. The van der Waals surface area contributed by atoms with Crippen LogP contribution in [0.2, 0.25) is 0 Å². The third-order valence-corrected chi connectivity index (χ3v) is 5.81. The Morgan fingerprint density at radius 2 is 1.82 bits per heavy atom. The van der Waals surface area contributed by atoms with Gasteiger partial charge in [-0.1, -0.05) is 32.0 Å². The summed E-state index contributed by atoms with van der Waals surface area (Å²) in [5, 5.41) is 0. The number of piperidine rings is 1. The van der Waals surface area contributed by atoms with Crippen molar-refractivity contribution >= 4 is 5.91 Å². The molecule has 2 unspecified atom stereocenters. The highest BCUT2D eigenvalue weighted by atomic mass is 16.5. The lowest BCUT2D eigenvalue weighted by Crippen LogP contribution is -2.50. The number of nitrogens with zero attached hydrogens (tertiary/aromatic N) is 2. The highest BCUT2D eigenvalue weighted by molar-refractivity contribution is 5.79. The van der Waals surface area contributed by atoms with E-state index < -0.39 is 0 Å². The minimum atomic E-state index is 0.0803. The van der Waals surface area contributed by atoms with Gasteiger partial charge in [0.2, 0.25) is 5.88 Å². The van der Waals surface area contributed by atoms with Gasteiger partial charge in [-0.15, -0.1) is 0 Å². The molecule has 0 N–H and O–H groups in total. The van der Waals surface area contributed by atoms with Crippen molar-refractivity contribution in [1.82, 2.24) is 9.88 Å². The largest absolute Gasteiger partial charge is 0.484 e. The van der Waals surface area contributed by atoms with Crippen LogP contribution in [0.5, 0.6) is 11.6 Å². The Morgan fingerprint density at radius 3 is 2.43 bits per heavy atom. The molecule has 1 amide bonds. The highest BCUT2D eigenvalue weighted by Gasteiger charge is 2.44. The Morgan fingerprint density at radius 1 is 1.11 bits per heavy atom. The number of hydrogen-bond acceptors (Lipinski definition) is 4. The molecule has 0 aliphatic carbocycles. The number of benzene rings is 1. The normalized spacial score (nSPS) is 23.7. The zero-order valence-corrected chi connectivity index (χ0v) is 16.6. The first-order chi connectivity index (χ1) is 13.6. The van der Waals surface area contributed by atoms with Crippen molar-refractivity contribution < 1.29 is 14.3 Å². The molecule has 0 radical (unpaired) electrons. The Hall–Kier alpha value is -2.56. The summed E-state index contributed by atoms with van der Waals surface area (Å²) < 4.78 is 11.8. The van der Waals surface area contributed by atoms with Gasteiger partial charge in [-0.2, -0.15) is 0 Å². The van der Waals surface area contributed by atoms with Gasteiger partial charge < -0.3 is 14.4 Å². The fraction of sp³-hybridized carbons (Fsp3) is 0.478. The molecule has 2 aliphatic rings. The third-order valence-electron chi connectivity index (χ3n) is 5.81. The summed E-state index contributed by atoms with van der Waals surface area (Å²) in [5.41, 5.74) is 1.27. The van der Waals surface area contributed by atoms with E-state index in [0.29, 0.717) is 11.8 Å². The SMILES string of the molecule is CC(C)c1ccc(OCC(=O)N2C3CCC2CC(Oc2ccccn2)C3)cc1. The summed E-state index contributed by atoms with van der Waals surface area (Å²) in [7, 11) is 0. The molecule has 0 spiro atoms. The fourth-order valence-electron chi connectivity index (χ4n) is 4.39. The van der Waals surface area contributed by atoms with E-state index in [0.717, 1.165) is 31.4 Å². The molecule has 1 aromatic carbocycles. The number of ether oxygens (including phenoxy) is 2. The van der Waals surface area contributed by atoms with Gasteiger partial charge in [-0.3, -0.25) is 4.79 Å². The molecule has 1 aromatic heterocycles. The van der Waals surface area contributed by atoms with Crippen LogP contribution in [0.25, 0.3) is 0 Å². The van der Waals surface area contributed by atoms with Crippen LogP contribution < -0.4 is 9.47 Å². The smallest absolute Gasteiger partial charge is 0.261 e. The van der Waals surface area contributed by atoms with Crippen molar-refractivity contribution in [3.05, 3.63) is 54.2 Å². The number of carbonyl (C=O) groups is 1. The first kappa shape index (κ1) is 18.8. The van der Waals surface area contributed by atoms with Crippen LogP contribution in [-0.4, -0.2) is 40.6 Å². The zero-order chi connectivity index (χ0) is 19.5. The highest BCUT2D eigenvalue weighted by Crippen LogP contribution is 2.37. The summed E-state index contributed by atoms with van der Waals surface area (Å²) in [6.07, 6.45) is 5.68. The van der Waals surface area contributed by atoms with Crippen LogP contribution in [0.4, 0.5) is 0 Å². The van der Waals surface area contributed by atoms with Crippen molar-refractivity contribution in [3.63, 3.8) is 0 Å². The number of fused-ring (bicyclic) bond motifs is 2. The third kappa shape index (κ3) is 4.13. The van der Waals surface area contributed by atoms with E-state index in [1.54, 1.807) is 6.20 Å². The Labute approximate surface area is 166 Å². The molecule has 2 saturated heterocycles. The molecule has 5 nitrogen and oxygen atoms in total. The molecular formula is C23H28N2O3. The van der Waals surface area contributed by atoms with Gasteiger partial charge in [0.15, 0.2) is 6.61 Å². The molecule has 0 saturated carbocycles. The monoisotopic (exact) mass is 380 g/mol. The maximum Gasteiger partial charge on any atom is 0.261 e. The van der Waals surface area contributed by atoms with Gasteiger partial charge in [0.05, 0.1) is 0 Å². The number of pyridine rings is 1. The summed E-state index contributed by atoms with van der Waals surface area (Å²) in [6.45, 7) is 4.42. The maximum atomic E-state index is 12.8. The van der Waals surface area contributed by atoms with Crippen LogP contribution in [-0.2, 0) is 4.79 Å². The number of hydrogen-bond donors (Lipinski definition) is 0. The molecule has 5 heteroatoms. The average Bonchev–Trinajstić information content (AvgIpc) is 2.98. The van der Waals surface area contributed by atoms with E-state index in [4.69, 9.17) is 9.47 Å². The number of carbonyl (C=O) groups excluding carboxylic acids is 1. The van der Waals surface area contributed by atoms with Gasteiger partial charge >= 0.3 is 0 Å². The van der Waals surface area contributed by atoms with E-state index >= 15 is 0 Å². The molecule has 148 valence electrons. The maximum absolute atomic E-state index is 12.8. The lowest BCUT2D eigenvalue weighted by molar-refractivity contribution is -0.139. The summed E-state index contributed by atoms with van der Waals surface area (Å²) >= 11 is 0. The Balaban J connectivity index is 1.32. The fourth-order valence-corrected chi connectivity index (χ4v) is 4.39. The second-order valence-corrected chi connectivity index (χ2v) is 8.08. The standard InChI is InChI=1S/C23H28N2O3/c1-16(2)17-6-10-20(11-7-17)27-15-23(26)25-18-8-9-19(25)14-21(13-18)28-22-5-3-4-12-24-22/h3-7,10-12,16,18-19,21H,8-9,13-15H2,1-2H3. The minimum Gasteiger partial charge on any atom is -0.484 e. The molecule has 2 aliphatic heterocycles. The van der Waals surface area contributed by atoms with E-state index in [2.05, 4.69) is 31.0 Å². The topological polar surface area (TPSA) is 51.7 Å². The number of amides is 1. The Kier molecular flexibility index (Phi) is 5.51. The van der Waals surface area contributed by atoms with E-state index in [9.17, 15) is 4.79 Å². The van der Waals surface area contributed by atoms with Crippen molar-refractivity contribution in [2.45, 2.75) is 63.6 Å². The molecule has 2 aromatic rings. The van der Waals surface area contributed by atoms with Crippen molar-refractivity contribution in [1.29, 1.82) is 0 Å². The second-order valence-electron chi connectivity index (χ2n) is 8.08. The van der Waals surface area contributed by atoms with Crippen LogP contribution in [0.15, 0.2) is 48.7 Å². The first-order valence-electron chi connectivity index (χ1n) is 10.2. The number of rotatable bonds is 6. The zero-order valence-electron chi connectivity index (χ0n) is 16.6. The summed E-state index contributed by atoms with van der Waals surface area (Å²) in [4.78, 5) is 19.1. The van der Waals surface area contributed by atoms with Crippen LogP contribution in [0.3, 0.4) is 0 Å². The molecule has 2 bridgehead atoms. The van der Waals surface area contributed by atoms with Crippen LogP contribution in [0.1, 0.15) is 51.0 Å². The molecular weight excluding hydrogens is 352 g/mol. The van der Waals surface area contributed by atoms with Crippen LogP contribution >= 0.6 is 0 Å². The van der Waals surface area contributed by atoms with Gasteiger partial charge in [-0.25, -0.2) is 4.98 Å². The molecule has 2 fully saturated rings. The summed E-state index contributed by atoms with van der Waals surface area (Å²) in [6, 6.07) is 14.2. The van der Waals surface area contributed by atoms with Gasteiger partial charge in [0, 0.05) is 37.2 Å². The molecule has 28 heavy (non-hydrogen) atoms. The molecule has 4 rings (SSSR count). The average molecular weight is 380 g/mol.